The molecule has 144 valence electrons. The second-order valence-electron chi connectivity index (χ2n) is 7.31. The summed E-state index contributed by atoms with van der Waals surface area (Å²) in [5, 5.41) is 2.94. The molecule has 2 amide bonds. The first kappa shape index (κ1) is 18.4. The minimum absolute atomic E-state index is 0.0802. The van der Waals surface area contributed by atoms with Gasteiger partial charge in [-0.15, -0.1) is 0 Å². The molecule has 1 saturated heterocycles. The molecule has 4 rings (SSSR count). The molecule has 5 heteroatoms. The maximum Gasteiger partial charge on any atom is 0.252 e. The van der Waals surface area contributed by atoms with E-state index in [1.807, 2.05) is 47.4 Å². The molecule has 2 aromatic rings. The van der Waals surface area contributed by atoms with Gasteiger partial charge in [0, 0.05) is 38.3 Å². The normalized spacial score (nSPS) is 19.6. The lowest BCUT2D eigenvalue weighted by Gasteiger charge is -2.34. The molecule has 0 unspecified atom stereocenters. The number of carbonyl (C=O) groups excluding carboxylic acids is 2. The molecule has 5 nitrogen and oxygen atoms in total. The van der Waals surface area contributed by atoms with Gasteiger partial charge in [-0.2, -0.15) is 0 Å². The Bertz CT molecular complexity index is 870. The van der Waals surface area contributed by atoms with Crippen molar-refractivity contribution in [2.24, 2.45) is 0 Å². The molecule has 0 bridgehead atoms. The SMILES string of the molecule is O=C1N[C@H](CC(=O)N2CCN(C/C=C/c3ccccc3)CC2)c2ccccc21. The summed E-state index contributed by atoms with van der Waals surface area (Å²) in [5.41, 5.74) is 2.83. The molecule has 1 fully saturated rings. The van der Waals surface area contributed by atoms with Crippen molar-refractivity contribution in [2.45, 2.75) is 12.5 Å². The molecule has 2 aliphatic heterocycles. The lowest BCUT2D eigenvalue weighted by molar-refractivity contribution is -0.133. The van der Waals surface area contributed by atoms with E-state index in [4.69, 9.17) is 0 Å². The van der Waals surface area contributed by atoms with Crippen LogP contribution >= 0.6 is 0 Å². The van der Waals surface area contributed by atoms with E-state index in [1.165, 1.54) is 5.56 Å². The average molecular weight is 375 g/mol. The smallest absolute Gasteiger partial charge is 0.252 e. The minimum Gasteiger partial charge on any atom is -0.345 e. The Morgan fingerprint density at radius 1 is 1.00 bits per heavy atom. The van der Waals surface area contributed by atoms with Gasteiger partial charge in [0.25, 0.3) is 5.91 Å². The Morgan fingerprint density at radius 3 is 2.50 bits per heavy atom. The molecule has 0 saturated carbocycles. The Balaban J connectivity index is 1.26. The standard InChI is InChI=1S/C23H25N3O2/c27-22(17-21-19-10-4-5-11-20(19)23(28)24-21)26-15-13-25(14-16-26)12-6-9-18-7-2-1-3-8-18/h1-11,21H,12-17H2,(H,24,28)/b9-6+/t21-/m1/s1. The van der Waals surface area contributed by atoms with Crippen LogP contribution in [0.25, 0.3) is 6.08 Å². The number of hydrogen-bond donors (Lipinski definition) is 1. The Labute approximate surface area is 165 Å². The number of carbonyl (C=O) groups is 2. The van der Waals surface area contributed by atoms with Gasteiger partial charge in [-0.3, -0.25) is 14.5 Å². The summed E-state index contributed by atoms with van der Waals surface area (Å²) < 4.78 is 0. The summed E-state index contributed by atoms with van der Waals surface area (Å²) in [6.07, 6.45) is 4.65. The van der Waals surface area contributed by atoms with Crippen LogP contribution in [-0.2, 0) is 4.79 Å². The van der Waals surface area contributed by atoms with Crippen molar-refractivity contribution in [1.82, 2.24) is 15.1 Å². The molecule has 28 heavy (non-hydrogen) atoms. The third-order valence-electron chi connectivity index (χ3n) is 5.46. The molecule has 2 aromatic carbocycles. The second kappa shape index (κ2) is 8.40. The molecule has 1 atom stereocenters. The number of nitrogens with zero attached hydrogens (tertiary/aromatic N) is 2. The fourth-order valence-corrected chi connectivity index (χ4v) is 3.87. The van der Waals surface area contributed by atoms with Gasteiger partial charge in [0.1, 0.15) is 0 Å². The molecular formula is C23H25N3O2. The number of fused-ring (bicyclic) bond motifs is 1. The average Bonchev–Trinajstić information content (AvgIpc) is 3.05. The van der Waals surface area contributed by atoms with Gasteiger partial charge in [-0.25, -0.2) is 0 Å². The summed E-state index contributed by atoms with van der Waals surface area (Å²) in [6, 6.07) is 17.6. The number of amides is 2. The van der Waals surface area contributed by atoms with Gasteiger partial charge in [-0.1, -0.05) is 60.7 Å². The topological polar surface area (TPSA) is 52.7 Å². The Hall–Kier alpha value is -2.92. The zero-order valence-corrected chi connectivity index (χ0v) is 15.9. The van der Waals surface area contributed by atoms with E-state index < -0.39 is 0 Å². The van der Waals surface area contributed by atoms with Gasteiger partial charge in [-0.05, 0) is 17.2 Å². The highest BCUT2D eigenvalue weighted by Gasteiger charge is 2.31. The van der Waals surface area contributed by atoms with Gasteiger partial charge in [0.05, 0.1) is 12.5 Å². The first-order chi connectivity index (χ1) is 13.7. The predicted octanol–water partition coefficient (Wildman–Crippen LogP) is 2.72. The molecule has 0 radical (unpaired) electrons. The summed E-state index contributed by atoms with van der Waals surface area (Å²) in [7, 11) is 0. The van der Waals surface area contributed by atoms with Crippen molar-refractivity contribution in [2.75, 3.05) is 32.7 Å². The van der Waals surface area contributed by atoms with E-state index >= 15 is 0 Å². The first-order valence-corrected chi connectivity index (χ1v) is 9.82. The van der Waals surface area contributed by atoms with E-state index in [9.17, 15) is 9.59 Å². The summed E-state index contributed by atoms with van der Waals surface area (Å²) in [6.45, 7) is 4.11. The van der Waals surface area contributed by atoms with Gasteiger partial charge >= 0.3 is 0 Å². The fraction of sp³-hybridized carbons (Fsp3) is 0.304. The highest BCUT2D eigenvalue weighted by molar-refractivity contribution is 5.99. The van der Waals surface area contributed by atoms with E-state index in [0.717, 1.165) is 38.3 Å². The zero-order valence-electron chi connectivity index (χ0n) is 15.9. The monoisotopic (exact) mass is 375 g/mol. The van der Waals surface area contributed by atoms with E-state index in [1.54, 1.807) is 0 Å². The molecular weight excluding hydrogens is 350 g/mol. The zero-order chi connectivity index (χ0) is 19.3. The predicted molar refractivity (Wildman–Crippen MR) is 110 cm³/mol. The van der Waals surface area contributed by atoms with Crippen LogP contribution < -0.4 is 5.32 Å². The second-order valence-corrected chi connectivity index (χ2v) is 7.31. The van der Waals surface area contributed by atoms with E-state index in [0.29, 0.717) is 12.0 Å². The van der Waals surface area contributed by atoms with Crippen LogP contribution in [0, 0.1) is 0 Å². The first-order valence-electron chi connectivity index (χ1n) is 9.82. The largest absolute Gasteiger partial charge is 0.345 e. The third kappa shape index (κ3) is 4.15. The van der Waals surface area contributed by atoms with E-state index in [2.05, 4.69) is 34.5 Å². The number of rotatable bonds is 5. The Morgan fingerprint density at radius 2 is 1.71 bits per heavy atom. The molecule has 2 heterocycles. The number of hydrogen-bond acceptors (Lipinski definition) is 3. The quantitative estimate of drug-likeness (QED) is 0.874. The van der Waals surface area contributed by atoms with Crippen LogP contribution in [0.4, 0.5) is 0 Å². The number of benzene rings is 2. The van der Waals surface area contributed by atoms with E-state index in [-0.39, 0.29) is 17.9 Å². The van der Waals surface area contributed by atoms with Crippen molar-refractivity contribution in [3.8, 4) is 0 Å². The maximum atomic E-state index is 12.7. The van der Waals surface area contributed by atoms with Crippen LogP contribution in [0.2, 0.25) is 0 Å². The molecule has 0 spiro atoms. The maximum absolute atomic E-state index is 12.7. The van der Waals surface area contributed by atoms with Gasteiger partial charge in [0.15, 0.2) is 0 Å². The van der Waals surface area contributed by atoms with Crippen molar-refractivity contribution in [3.63, 3.8) is 0 Å². The van der Waals surface area contributed by atoms with Crippen LogP contribution in [-0.4, -0.2) is 54.3 Å². The van der Waals surface area contributed by atoms with Crippen LogP contribution in [0.15, 0.2) is 60.7 Å². The summed E-state index contributed by atoms with van der Waals surface area (Å²) >= 11 is 0. The molecule has 0 aromatic heterocycles. The molecule has 1 N–H and O–H groups in total. The lowest BCUT2D eigenvalue weighted by atomic mass is 10.0. The van der Waals surface area contributed by atoms with Crippen molar-refractivity contribution in [1.29, 1.82) is 0 Å². The summed E-state index contributed by atoms with van der Waals surface area (Å²) in [5.74, 6) is 0.0323. The lowest BCUT2D eigenvalue weighted by Crippen LogP contribution is -2.49. The minimum atomic E-state index is -0.206. The Kier molecular flexibility index (Phi) is 5.53. The molecule has 2 aliphatic rings. The fourth-order valence-electron chi connectivity index (χ4n) is 3.87. The van der Waals surface area contributed by atoms with Crippen LogP contribution in [0.3, 0.4) is 0 Å². The van der Waals surface area contributed by atoms with Crippen molar-refractivity contribution in [3.05, 3.63) is 77.4 Å². The third-order valence-corrected chi connectivity index (χ3v) is 5.46. The van der Waals surface area contributed by atoms with Gasteiger partial charge in [0.2, 0.25) is 5.91 Å². The number of nitrogens with one attached hydrogen (secondary N) is 1. The highest BCUT2D eigenvalue weighted by Crippen LogP contribution is 2.28. The van der Waals surface area contributed by atoms with Crippen molar-refractivity contribution >= 4 is 17.9 Å². The number of piperazine rings is 1. The van der Waals surface area contributed by atoms with Gasteiger partial charge < -0.3 is 10.2 Å². The molecule has 0 aliphatic carbocycles. The van der Waals surface area contributed by atoms with Crippen LogP contribution in [0.1, 0.15) is 33.9 Å². The van der Waals surface area contributed by atoms with Crippen LogP contribution in [0.5, 0.6) is 0 Å². The summed E-state index contributed by atoms with van der Waals surface area (Å²) in [4.78, 5) is 29.0. The van der Waals surface area contributed by atoms with Crippen molar-refractivity contribution < 1.29 is 9.59 Å². The highest BCUT2D eigenvalue weighted by atomic mass is 16.2.